The van der Waals surface area contributed by atoms with E-state index in [9.17, 15) is 4.79 Å². The van der Waals surface area contributed by atoms with Crippen molar-refractivity contribution in [3.63, 3.8) is 0 Å². The fourth-order valence-electron chi connectivity index (χ4n) is 3.75. The average molecular weight is 286 g/mol. The lowest BCUT2D eigenvalue weighted by Gasteiger charge is -2.34. The number of carbonyl (C=O) groups is 1. The zero-order valence-corrected chi connectivity index (χ0v) is 13.0. The summed E-state index contributed by atoms with van der Waals surface area (Å²) < 4.78 is 0. The van der Waals surface area contributed by atoms with Gasteiger partial charge in [-0.3, -0.25) is 9.69 Å². The van der Waals surface area contributed by atoms with Gasteiger partial charge in [0.25, 0.3) is 0 Å². The molecule has 114 valence electrons. The van der Waals surface area contributed by atoms with Crippen LogP contribution in [0.3, 0.4) is 0 Å². The van der Waals surface area contributed by atoms with Crippen molar-refractivity contribution in [2.75, 3.05) is 13.6 Å². The summed E-state index contributed by atoms with van der Waals surface area (Å²) in [6, 6.07) is 9.22. The van der Waals surface area contributed by atoms with Crippen molar-refractivity contribution in [1.82, 2.24) is 10.2 Å². The lowest BCUT2D eigenvalue weighted by atomic mass is 9.90. The molecule has 1 N–H and O–H groups in total. The van der Waals surface area contributed by atoms with E-state index in [1.54, 1.807) is 0 Å². The minimum absolute atomic E-state index is 0.218. The molecule has 1 fully saturated rings. The van der Waals surface area contributed by atoms with Gasteiger partial charge in [0.15, 0.2) is 0 Å². The lowest BCUT2D eigenvalue weighted by molar-refractivity contribution is -0.123. The van der Waals surface area contributed by atoms with Gasteiger partial charge < -0.3 is 5.32 Å². The molecular weight excluding hydrogens is 260 g/mol. The van der Waals surface area contributed by atoms with Crippen molar-refractivity contribution in [2.45, 2.75) is 57.0 Å². The van der Waals surface area contributed by atoms with Crippen LogP contribution in [0.2, 0.25) is 0 Å². The van der Waals surface area contributed by atoms with Crippen LogP contribution in [0.4, 0.5) is 0 Å². The molecule has 0 aromatic heterocycles. The van der Waals surface area contributed by atoms with Gasteiger partial charge in [-0.05, 0) is 37.4 Å². The predicted molar refractivity (Wildman–Crippen MR) is 85.1 cm³/mol. The maximum Gasteiger partial charge on any atom is 0.222 e. The maximum atomic E-state index is 12.4. The number of likely N-dealkylation sites (N-methyl/N-ethyl adjacent to an activating group) is 1. The summed E-state index contributed by atoms with van der Waals surface area (Å²) in [5.41, 5.74) is 2.75. The molecule has 0 spiro atoms. The summed E-state index contributed by atoms with van der Waals surface area (Å²) in [5, 5.41) is 3.25. The molecule has 3 nitrogen and oxygen atoms in total. The van der Waals surface area contributed by atoms with E-state index in [4.69, 9.17) is 0 Å². The molecule has 0 saturated heterocycles. The van der Waals surface area contributed by atoms with Gasteiger partial charge in [-0.15, -0.1) is 0 Å². The summed E-state index contributed by atoms with van der Waals surface area (Å²) in [5.74, 6) is 0.218. The molecule has 3 heteroatoms. The van der Waals surface area contributed by atoms with E-state index in [1.807, 2.05) is 0 Å². The molecule has 1 unspecified atom stereocenters. The van der Waals surface area contributed by atoms with E-state index in [1.165, 1.54) is 30.4 Å². The van der Waals surface area contributed by atoms with E-state index in [0.29, 0.717) is 12.5 Å². The summed E-state index contributed by atoms with van der Waals surface area (Å²) in [6.45, 7) is 1.04. The first kappa shape index (κ1) is 14.6. The number of rotatable bonds is 3. The van der Waals surface area contributed by atoms with Gasteiger partial charge in [0.05, 0.1) is 0 Å². The van der Waals surface area contributed by atoms with Crippen LogP contribution in [0.15, 0.2) is 24.3 Å². The number of carbonyl (C=O) groups excluding carboxylic acids is 1. The van der Waals surface area contributed by atoms with Gasteiger partial charge in [0, 0.05) is 25.0 Å². The highest BCUT2D eigenvalue weighted by Crippen LogP contribution is 2.31. The standard InChI is InChI=1S/C18H26N2O/c1-20-12-11-14-7-5-6-10-16(14)17(20)13-18(21)19-15-8-3-2-4-9-15/h5-7,10,15,17H,2-4,8-9,11-13H2,1H3,(H,19,21). The molecule has 0 radical (unpaired) electrons. The second-order valence-corrected chi connectivity index (χ2v) is 6.55. The van der Waals surface area contributed by atoms with Crippen LogP contribution in [0.1, 0.15) is 55.7 Å². The smallest absolute Gasteiger partial charge is 0.222 e. The molecule has 1 heterocycles. The van der Waals surface area contributed by atoms with Crippen molar-refractivity contribution in [1.29, 1.82) is 0 Å². The number of nitrogens with zero attached hydrogens (tertiary/aromatic N) is 1. The molecule has 3 rings (SSSR count). The maximum absolute atomic E-state index is 12.4. The molecule has 1 aromatic rings. The molecular formula is C18H26N2O. The van der Waals surface area contributed by atoms with Crippen LogP contribution in [-0.4, -0.2) is 30.4 Å². The number of hydrogen-bond acceptors (Lipinski definition) is 2. The fourth-order valence-corrected chi connectivity index (χ4v) is 3.75. The van der Waals surface area contributed by atoms with Crippen LogP contribution in [-0.2, 0) is 11.2 Å². The number of benzene rings is 1. The summed E-state index contributed by atoms with van der Waals surface area (Å²) in [6.07, 6.45) is 7.84. The van der Waals surface area contributed by atoms with Gasteiger partial charge in [-0.1, -0.05) is 43.5 Å². The first-order valence-electron chi connectivity index (χ1n) is 8.31. The molecule has 1 saturated carbocycles. The molecule has 21 heavy (non-hydrogen) atoms. The number of nitrogens with one attached hydrogen (secondary N) is 1. The van der Waals surface area contributed by atoms with E-state index in [-0.39, 0.29) is 11.9 Å². The molecule has 1 atom stereocenters. The highest BCUT2D eigenvalue weighted by molar-refractivity contribution is 5.77. The molecule has 1 aliphatic carbocycles. The van der Waals surface area contributed by atoms with Gasteiger partial charge in [-0.25, -0.2) is 0 Å². The first-order chi connectivity index (χ1) is 10.2. The monoisotopic (exact) mass is 286 g/mol. The third kappa shape index (κ3) is 3.46. The molecule has 1 amide bonds. The Labute approximate surface area is 127 Å². The molecule has 1 aromatic carbocycles. The zero-order chi connectivity index (χ0) is 14.7. The number of hydrogen-bond donors (Lipinski definition) is 1. The van der Waals surface area contributed by atoms with Gasteiger partial charge in [0.2, 0.25) is 5.91 Å². The molecule has 0 bridgehead atoms. The Bertz CT molecular complexity index is 494. The summed E-state index contributed by atoms with van der Waals surface area (Å²) in [4.78, 5) is 14.7. The van der Waals surface area contributed by atoms with Gasteiger partial charge in [-0.2, -0.15) is 0 Å². The van der Waals surface area contributed by atoms with Gasteiger partial charge in [0.1, 0.15) is 0 Å². The largest absolute Gasteiger partial charge is 0.353 e. The van der Waals surface area contributed by atoms with E-state index in [2.05, 4.69) is 41.5 Å². The topological polar surface area (TPSA) is 32.3 Å². The highest BCUT2D eigenvalue weighted by atomic mass is 16.1. The average Bonchev–Trinajstić information content (AvgIpc) is 2.51. The van der Waals surface area contributed by atoms with Crippen LogP contribution < -0.4 is 5.32 Å². The quantitative estimate of drug-likeness (QED) is 0.926. The van der Waals surface area contributed by atoms with Crippen molar-refractivity contribution < 1.29 is 4.79 Å². The minimum atomic E-state index is 0.218. The van der Waals surface area contributed by atoms with E-state index in [0.717, 1.165) is 25.8 Å². The van der Waals surface area contributed by atoms with Crippen molar-refractivity contribution in [2.24, 2.45) is 0 Å². The summed E-state index contributed by atoms with van der Waals surface area (Å²) >= 11 is 0. The second-order valence-electron chi connectivity index (χ2n) is 6.55. The number of amides is 1. The lowest BCUT2D eigenvalue weighted by Crippen LogP contribution is -2.40. The Balaban J connectivity index is 1.64. The Hall–Kier alpha value is -1.35. The van der Waals surface area contributed by atoms with Crippen LogP contribution >= 0.6 is 0 Å². The first-order valence-corrected chi connectivity index (χ1v) is 8.31. The van der Waals surface area contributed by atoms with Gasteiger partial charge >= 0.3 is 0 Å². The highest BCUT2D eigenvalue weighted by Gasteiger charge is 2.27. The Morgan fingerprint density at radius 1 is 1.24 bits per heavy atom. The minimum Gasteiger partial charge on any atom is -0.353 e. The van der Waals surface area contributed by atoms with E-state index >= 15 is 0 Å². The Morgan fingerprint density at radius 2 is 2.00 bits per heavy atom. The van der Waals surface area contributed by atoms with E-state index < -0.39 is 0 Å². The predicted octanol–water partition coefficient (Wildman–Crippen LogP) is 3.05. The van der Waals surface area contributed by atoms with Crippen molar-refractivity contribution >= 4 is 5.91 Å². The number of fused-ring (bicyclic) bond motifs is 1. The summed E-state index contributed by atoms with van der Waals surface area (Å²) in [7, 11) is 2.13. The Morgan fingerprint density at radius 3 is 2.81 bits per heavy atom. The molecule has 2 aliphatic rings. The Kier molecular flexibility index (Phi) is 4.59. The fraction of sp³-hybridized carbons (Fsp3) is 0.611. The van der Waals surface area contributed by atoms with Crippen LogP contribution in [0.25, 0.3) is 0 Å². The van der Waals surface area contributed by atoms with Crippen molar-refractivity contribution in [3.05, 3.63) is 35.4 Å². The normalized spacial score (nSPS) is 23.6. The zero-order valence-electron chi connectivity index (χ0n) is 13.0. The third-order valence-electron chi connectivity index (χ3n) is 5.03. The van der Waals surface area contributed by atoms with Crippen LogP contribution in [0.5, 0.6) is 0 Å². The van der Waals surface area contributed by atoms with Crippen molar-refractivity contribution in [3.8, 4) is 0 Å². The SMILES string of the molecule is CN1CCc2ccccc2C1CC(=O)NC1CCCCC1. The second kappa shape index (κ2) is 6.61. The van der Waals surface area contributed by atoms with Crippen LogP contribution in [0, 0.1) is 0 Å². The third-order valence-corrected chi connectivity index (χ3v) is 5.03. The molecule has 1 aliphatic heterocycles.